The molecule has 2 aromatic rings. The number of carbonyl (C=O) groups excluding carboxylic acids is 2. The summed E-state index contributed by atoms with van der Waals surface area (Å²) in [5.74, 6) is 0.286. The topological polar surface area (TPSA) is 58.6 Å². The molecule has 0 fully saturated rings. The molecule has 1 aromatic carbocycles. The van der Waals surface area contributed by atoms with Crippen LogP contribution in [0.15, 0.2) is 35.0 Å². The van der Waals surface area contributed by atoms with Gasteiger partial charge in [-0.3, -0.25) is 9.59 Å². The summed E-state index contributed by atoms with van der Waals surface area (Å²) in [6.45, 7) is 0.570. The van der Waals surface area contributed by atoms with E-state index in [1.165, 1.54) is 0 Å². The summed E-state index contributed by atoms with van der Waals surface area (Å²) < 4.78 is 5.28. The quantitative estimate of drug-likeness (QED) is 0.947. The van der Waals surface area contributed by atoms with Crippen molar-refractivity contribution in [1.82, 2.24) is 4.90 Å². The zero-order valence-electron chi connectivity index (χ0n) is 11.5. The van der Waals surface area contributed by atoms with Crippen LogP contribution in [0, 0.1) is 0 Å². The number of nitrogens with zero attached hydrogens (tertiary/aromatic N) is 1. The highest BCUT2D eigenvalue weighted by Gasteiger charge is 2.19. The zero-order valence-corrected chi connectivity index (χ0v) is 12.3. The van der Waals surface area contributed by atoms with E-state index < -0.39 is 0 Å². The van der Waals surface area contributed by atoms with E-state index in [9.17, 15) is 9.59 Å². The molecule has 1 aromatic heterocycles. The third-order valence-electron chi connectivity index (χ3n) is 3.21. The van der Waals surface area contributed by atoms with E-state index in [1.807, 2.05) is 16.8 Å². The monoisotopic (exact) mass is 302 g/mol. The fraction of sp³-hybridized carbons (Fsp3) is 0.200. The average Bonchev–Trinajstić information content (AvgIpc) is 2.98. The van der Waals surface area contributed by atoms with E-state index in [1.54, 1.807) is 41.5 Å². The average molecular weight is 302 g/mol. The minimum absolute atomic E-state index is 0.0123. The van der Waals surface area contributed by atoms with E-state index in [2.05, 4.69) is 5.32 Å². The molecular weight excluding hydrogens is 288 g/mol. The minimum Gasteiger partial charge on any atom is -0.482 e. The van der Waals surface area contributed by atoms with Gasteiger partial charge in [0.25, 0.3) is 11.8 Å². The van der Waals surface area contributed by atoms with Crippen molar-refractivity contribution in [2.75, 3.05) is 19.0 Å². The number of fused-ring (bicyclic) bond motifs is 1. The first kappa shape index (κ1) is 13.6. The van der Waals surface area contributed by atoms with Crippen molar-refractivity contribution in [3.8, 4) is 5.75 Å². The first-order chi connectivity index (χ1) is 10.1. The number of benzene rings is 1. The molecule has 1 aliphatic rings. The Balaban J connectivity index is 1.78. The van der Waals surface area contributed by atoms with Crippen LogP contribution in [0.3, 0.4) is 0 Å². The number of hydrogen-bond acceptors (Lipinski definition) is 4. The molecule has 0 bridgehead atoms. The van der Waals surface area contributed by atoms with Crippen molar-refractivity contribution in [3.63, 3.8) is 0 Å². The summed E-state index contributed by atoms with van der Waals surface area (Å²) >= 11 is 1.61. The second-order valence-electron chi connectivity index (χ2n) is 4.84. The predicted octanol–water partition coefficient (Wildman–Crippen LogP) is 2.35. The molecule has 0 atom stereocenters. The van der Waals surface area contributed by atoms with Gasteiger partial charge in [-0.1, -0.05) is 0 Å². The molecule has 0 aliphatic carbocycles. The summed E-state index contributed by atoms with van der Waals surface area (Å²) in [5, 5.41) is 6.71. The van der Waals surface area contributed by atoms with Gasteiger partial charge in [-0.2, -0.15) is 11.3 Å². The number of rotatable bonds is 3. The molecule has 0 saturated carbocycles. The predicted molar refractivity (Wildman–Crippen MR) is 80.7 cm³/mol. The van der Waals surface area contributed by atoms with E-state index >= 15 is 0 Å². The number of nitrogens with one attached hydrogen (secondary N) is 1. The standard InChI is InChI=1S/C15H14N2O3S/c1-17(7-10-4-5-21-9-10)15(19)11-2-3-13-12(6-11)16-14(18)8-20-13/h2-6,9H,7-8H2,1H3,(H,16,18). The highest BCUT2D eigenvalue weighted by molar-refractivity contribution is 7.07. The smallest absolute Gasteiger partial charge is 0.262 e. The van der Waals surface area contributed by atoms with Crippen molar-refractivity contribution in [3.05, 3.63) is 46.2 Å². The molecule has 0 saturated heterocycles. The van der Waals surface area contributed by atoms with Crippen molar-refractivity contribution in [2.45, 2.75) is 6.54 Å². The Morgan fingerprint density at radius 3 is 3.05 bits per heavy atom. The van der Waals surface area contributed by atoms with Gasteiger partial charge in [-0.05, 0) is 40.6 Å². The molecule has 1 N–H and O–H groups in total. The van der Waals surface area contributed by atoms with Crippen LogP contribution in [-0.2, 0) is 11.3 Å². The first-order valence-corrected chi connectivity index (χ1v) is 7.41. The van der Waals surface area contributed by atoms with Gasteiger partial charge in [0.05, 0.1) is 5.69 Å². The molecule has 0 spiro atoms. The molecule has 5 nitrogen and oxygen atoms in total. The SMILES string of the molecule is CN(Cc1ccsc1)C(=O)c1ccc2c(c1)NC(=O)CO2. The summed E-state index contributed by atoms with van der Waals surface area (Å²) in [4.78, 5) is 25.4. The van der Waals surface area contributed by atoms with Gasteiger partial charge in [-0.15, -0.1) is 0 Å². The molecule has 6 heteroatoms. The van der Waals surface area contributed by atoms with Crippen LogP contribution in [0.4, 0.5) is 5.69 Å². The Kier molecular flexibility index (Phi) is 3.62. The van der Waals surface area contributed by atoms with E-state index in [-0.39, 0.29) is 18.4 Å². The van der Waals surface area contributed by atoms with Crippen LogP contribution >= 0.6 is 11.3 Å². The maximum Gasteiger partial charge on any atom is 0.262 e. The summed E-state index contributed by atoms with van der Waals surface area (Å²) in [5.41, 5.74) is 2.17. The fourth-order valence-electron chi connectivity index (χ4n) is 2.16. The third-order valence-corrected chi connectivity index (χ3v) is 3.94. The van der Waals surface area contributed by atoms with Crippen molar-refractivity contribution in [1.29, 1.82) is 0 Å². The Bertz CT molecular complexity index is 682. The molecule has 2 heterocycles. The normalized spacial score (nSPS) is 13.1. The Hall–Kier alpha value is -2.34. The second kappa shape index (κ2) is 5.57. The lowest BCUT2D eigenvalue weighted by Gasteiger charge is -2.20. The number of anilines is 1. The number of ether oxygens (including phenoxy) is 1. The van der Waals surface area contributed by atoms with E-state index in [0.29, 0.717) is 23.5 Å². The van der Waals surface area contributed by atoms with Crippen LogP contribution in [0.25, 0.3) is 0 Å². The summed E-state index contributed by atoms with van der Waals surface area (Å²) in [7, 11) is 1.76. The highest BCUT2D eigenvalue weighted by Crippen LogP contribution is 2.28. The van der Waals surface area contributed by atoms with Crippen LogP contribution in [0.2, 0.25) is 0 Å². The molecule has 0 unspecified atom stereocenters. The second-order valence-corrected chi connectivity index (χ2v) is 5.62. The first-order valence-electron chi connectivity index (χ1n) is 6.47. The van der Waals surface area contributed by atoms with Crippen molar-refractivity contribution >= 4 is 28.8 Å². The van der Waals surface area contributed by atoms with Gasteiger partial charge in [-0.25, -0.2) is 0 Å². The number of amides is 2. The van der Waals surface area contributed by atoms with E-state index in [4.69, 9.17) is 4.74 Å². The fourth-order valence-corrected chi connectivity index (χ4v) is 2.82. The van der Waals surface area contributed by atoms with Crippen LogP contribution in [0.5, 0.6) is 5.75 Å². The number of carbonyl (C=O) groups is 2. The lowest BCUT2D eigenvalue weighted by Crippen LogP contribution is -2.28. The molecule has 1 aliphatic heterocycles. The Morgan fingerprint density at radius 1 is 1.43 bits per heavy atom. The lowest BCUT2D eigenvalue weighted by molar-refractivity contribution is -0.118. The lowest BCUT2D eigenvalue weighted by atomic mass is 10.1. The van der Waals surface area contributed by atoms with Crippen LogP contribution in [0.1, 0.15) is 15.9 Å². The number of hydrogen-bond donors (Lipinski definition) is 1. The molecular formula is C15H14N2O3S. The van der Waals surface area contributed by atoms with Gasteiger partial charge in [0.1, 0.15) is 5.75 Å². The highest BCUT2D eigenvalue weighted by atomic mass is 32.1. The zero-order chi connectivity index (χ0) is 14.8. The van der Waals surface area contributed by atoms with Gasteiger partial charge < -0.3 is 15.0 Å². The summed E-state index contributed by atoms with van der Waals surface area (Å²) in [6, 6.07) is 7.07. The van der Waals surface area contributed by atoms with Crippen LogP contribution in [-0.4, -0.2) is 30.4 Å². The molecule has 3 rings (SSSR count). The van der Waals surface area contributed by atoms with Crippen LogP contribution < -0.4 is 10.1 Å². The van der Waals surface area contributed by atoms with Crippen molar-refractivity contribution in [2.24, 2.45) is 0 Å². The minimum atomic E-state index is -0.210. The third kappa shape index (κ3) is 2.90. The molecule has 108 valence electrons. The molecule has 2 amide bonds. The summed E-state index contributed by atoms with van der Waals surface area (Å²) in [6.07, 6.45) is 0. The molecule has 21 heavy (non-hydrogen) atoms. The van der Waals surface area contributed by atoms with E-state index in [0.717, 1.165) is 5.56 Å². The largest absolute Gasteiger partial charge is 0.482 e. The van der Waals surface area contributed by atoms with Gasteiger partial charge >= 0.3 is 0 Å². The maximum atomic E-state index is 12.4. The Morgan fingerprint density at radius 2 is 2.29 bits per heavy atom. The van der Waals surface area contributed by atoms with Gasteiger partial charge in [0, 0.05) is 19.2 Å². The maximum absolute atomic E-state index is 12.4. The van der Waals surface area contributed by atoms with Gasteiger partial charge in [0.2, 0.25) is 0 Å². The number of thiophene rings is 1. The van der Waals surface area contributed by atoms with Crippen molar-refractivity contribution < 1.29 is 14.3 Å². The van der Waals surface area contributed by atoms with Gasteiger partial charge in [0.15, 0.2) is 6.61 Å². The Labute approximate surface area is 126 Å². The molecule has 0 radical (unpaired) electrons.